The van der Waals surface area contributed by atoms with Gasteiger partial charge in [-0.2, -0.15) is 0 Å². The Labute approximate surface area is 176 Å². The van der Waals surface area contributed by atoms with E-state index in [9.17, 15) is 9.59 Å². The van der Waals surface area contributed by atoms with E-state index >= 15 is 0 Å². The van der Waals surface area contributed by atoms with Gasteiger partial charge in [0, 0.05) is 17.1 Å². The third kappa shape index (κ3) is 4.86. The molecule has 0 saturated carbocycles. The first kappa shape index (κ1) is 20.1. The molecule has 0 radical (unpaired) electrons. The average Bonchev–Trinajstić information content (AvgIpc) is 3.03. The van der Waals surface area contributed by atoms with Crippen molar-refractivity contribution < 1.29 is 19.4 Å². The second-order valence-electron chi connectivity index (χ2n) is 8.09. The summed E-state index contributed by atoms with van der Waals surface area (Å²) in [6, 6.07) is 17.9. The maximum Gasteiger partial charge on any atom is 0.288 e. The van der Waals surface area contributed by atoms with Crippen LogP contribution in [0.25, 0.3) is 0 Å². The fourth-order valence-corrected chi connectivity index (χ4v) is 4.59. The lowest BCUT2D eigenvalue weighted by Gasteiger charge is -2.32. The van der Waals surface area contributed by atoms with Gasteiger partial charge in [0.25, 0.3) is 5.91 Å². The Kier molecular flexibility index (Phi) is 6.28. The van der Waals surface area contributed by atoms with Crippen LogP contribution in [0.1, 0.15) is 17.5 Å². The molecule has 2 aromatic carbocycles. The lowest BCUT2D eigenvalue weighted by Crippen LogP contribution is -3.29. The number of hydrogen-bond donors (Lipinski definition) is 2. The third-order valence-electron chi connectivity index (χ3n) is 6.17. The number of nitrogens with one attached hydrogen (secondary N) is 2. The number of piperazine rings is 1. The zero-order chi connectivity index (χ0) is 20.2. The van der Waals surface area contributed by atoms with Crippen LogP contribution in [-0.2, 0) is 22.6 Å². The number of amides is 2. The summed E-state index contributed by atoms with van der Waals surface area (Å²) in [5, 5.41) is 0.763. The molecule has 152 valence electrons. The number of likely N-dealkylation sites (tertiary alicyclic amines) is 1. The number of halogens is 1. The molecule has 2 saturated heterocycles. The fraction of sp³-hybridized carbons (Fsp3) is 0.391. The van der Waals surface area contributed by atoms with Crippen LogP contribution in [0.5, 0.6) is 0 Å². The summed E-state index contributed by atoms with van der Waals surface area (Å²) in [6.45, 7) is 5.35. The van der Waals surface area contributed by atoms with Crippen LogP contribution >= 0.6 is 11.6 Å². The number of quaternary nitrogens is 2. The minimum absolute atomic E-state index is 0.0145. The highest BCUT2D eigenvalue weighted by molar-refractivity contribution is 6.30. The minimum Gasteiger partial charge on any atom is -0.322 e. The number of benzene rings is 2. The van der Waals surface area contributed by atoms with Crippen LogP contribution in [0, 0.1) is 0 Å². The Hall–Kier alpha value is -2.21. The maximum atomic E-state index is 12.9. The molecule has 0 spiro atoms. The van der Waals surface area contributed by atoms with Crippen LogP contribution in [0.2, 0.25) is 5.02 Å². The Bertz CT molecular complexity index is 848. The molecule has 0 aliphatic carbocycles. The Morgan fingerprint density at radius 2 is 1.59 bits per heavy atom. The van der Waals surface area contributed by atoms with E-state index in [1.165, 1.54) is 20.3 Å². The summed E-state index contributed by atoms with van der Waals surface area (Å²) in [7, 11) is 0. The van der Waals surface area contributed by atoms with E-state index in [1.54, 1.807) is 0 Å². The van der Waals surface area contributed by atoms with Gasteiger partial charge in [-0.05, 0) is 24.1 Å². The van der Waals surface area contributed by atoms with E-state index in [2.05, 4.69) is 12.1 Å². The van der Waals surface area contributed by atoms with Gasteiger partial charge in [0.05, 0.1) is 6.42 Å². The van der Waals surface area contributed by atoms with Crippen LogP contribution in [-0.4, -0.2) is 55.5 Å². The monoisotopic (exact) mass is 413 g/mol. The zero-order valence-corrected chi connectivity index (χ0v) is 17.3. The molecule has 2 N–H and O–H groups in total. The van der Waals surface area contributed by atoms with Crippen molar-refractivity contribution in [1.29, 1.82) is 0 Å². The lowest BCUT2D eigenvalue weighted by atomic mass is 10.1. The Balaban J connectivity index is 1.29. The van der Waals surface area contributed by atoms with E-state index in [0.29, 0.717) is 13.0 Å². The molecule has 2 heterocycles. The van der Waals surface area contributed by atoms with Crippen LogP contribution < -0.4 is 9.80 Å². The van der Waals surface area contributed by atoms with E-state index < -0.39 is 0 Å². The molecule has 2 amide bonds. The molecule has 2 aliphatic rings. The van der Waals surface area contributed by atoms with Gasteiger partial charge in [-0.1, -0.05) is 54.1 Å². The summed E-state index contributed by atoms with van der Waals surface area (Å²) < 4.78 is 0. The number of nitrogens with zero attached hydrogens (tertiary/aromatic N) is 1. The van der Waals surface area contributed by atoms with Gasteiger partial charge in [-0.25, -0.2) is 0 Å². The van der Waals surface area contributed by atoms with E-state index in [-0.39, 0.29) is 17.9 Å². The highest BCUT2D eigenvalue weighted by Gasteiger charge is 2.45. The predicted molar refractivity (Wildman–Crippen MR) is 112 cm³/mol. The Morgan fingerprint density at radius 1 is 0.897 bits per heavy atom. The first-order valence-corrected chi connectivity index (χ1v) is 10.8. The smallest absolute Gasteiger partial charge is 0.288 e. The summed E-state index contributed by atoms with van der Waals surface area (Å²) in [4.78, 5) is 29.6. The van der Waals surface area contributed by atoms with Crippen molar-refractivity contribution in [2.45, 2.75) is 25.4 Å². The van der Waals surface area contributed by atoms with Crippen LogP contribution in [0.4, 0.5) is 0 Å². The third-order valence-corrected chi connectivity index (χ3v) is 6.42. The van der Waals surface area contributed by atoms with Crippen molar-refractivity contribution in [1.82, 2.24) is 4.90 Å². The predicted octanol–water partition coefficient (Wildman–Crippen LogP) is -0.00640. The summed E-state index contributed by atoms with van der Waals surface area (Å²) in [5.74, 6) is 0.00135. The number of carbonyl (C=O) groups excluding carboxylic acids is 2. The first-order chi connectivity index (χ1) is 14.1. The maximum absolute atomic E-state index is 12.9. The number of rotatable bonds is 6. The second kappa shape index (κ2) is 9.08. The normalized spacial score (nSPS) is 24.9. The molecule has 0 aromatic heterocycles. The molecule has 0 unspecified atom stereocenters. The van der Waals surface area contributed by atoms with Crippen molar-refractivity contribution in [3.63, 3.8) is 0 Å². The van der Waals surface area contributed by atoms with E-state index in [1.807, 2.05) is 42.5 Å². The van der Waals surface area contributed by atoms with Crippen molar-refractivity contribution in [3.8, 4) is 0 Å². The van der Waals surface area contributed by atoms with E-state index in [0.717, 1.165) is 49.7 Å². The number of imide groups is 1. The van der Waals surface area contributed by atoms with Crippen molar-refractivity contribution in [2.75, 3.05) is 32.7 Å². The fourth-order valence-electron chi connectivity index (χ4n) is 4.46. The van der Waals surface area contributed by atoms with Gasteiger partial charge < -0.3 is 9.80 Å². The van der Waals surface area contributed by atoms with E-state index in [4.69, 9.17) is 11.6 Å². The quantitative estimate of drug-likeness (QED) is 0.654. The summed E-state index contributed by atoms with van der Waals surface area (Å²) in [5.41, 5.74) is 2.44. The summed E-state index contributed by atoms with van der Waals surface area (Å²) >= 11 is 5.97. The van der Waals surface area contributed by atoms with Crippen LogP contribution in [0.15, 0.2) is 54.6 Å². The number of hydrogen-bond acceptors (Lipinski definition) is 2. The van der Waals surface area contributed by atoms with Crippen molar-refractivity contribution >= 4 is 23.4 Å². The Morgan fingerprint density at radius 3 is 2.28 bits per heavy atom. The van der Waals surface area contributed by atoms with Gasteiger partial charge in [0.2, 0.25) is 5.91 Å². The molecule has 4 rings (SSSR count). The minimum atomic E-state index is -0.199. The molecule has 1 atom stereocenters. The van der Waals surface area contributed by atoms with Crippen molar-refractivity contribution in [2.24, 2.45) is 0 Å². The molecule has 6 heteroatoms. The molecule has 2 fully saturated rings. The molecule has 2 aromatic rings. The largest absolute Gasteiger partial charge is 0.322 e. The molecule has 29 heavy (non-hydrogen) atoms. The molecular weight excluding hydrogens is 386 g/mol. The van der Waals surface area contributed by atoms with Crippen molar-refractivity contribution in [3.05, 3.63) is 70.7 Å². The number of carbonyl (C=O) groups is 2. The second-order valence-corrected chi connectivity index (χ2v) is 8.52. The molecular formula is C23H28ClN3O2+2. The van der Waals surface area contributed by atoms with Gasteiger partial charge in [-0.15, -0.1) is 0 Å². The molecule has 2 aliphatic heterocycles. The topological polar surface area (TPSA) is 46.3 Å². The summed E-state index contributed by atoms with van der Waals surface area (Å²) in [6.07, 6.45) is 1.08. The van der Waals surface area contributed by atoms with Gasteiger partial charge in [0.1, 0.15) is 32.7 Å². The zero-order valence-electron chi connectivity index (χ0n) is 16.6. The highest BCUT2D eigenvalue weighted by Crippen LogP contribution is 2.13. The highest BCUT2D eigenvalue weighted by atomic mass is 35.5. The lowest BCUT2D eigenvalue weighted by molar-refractivity contribution is -1.02. The van der Waals surface area contributed by atoms with Gasteiger partial charge in [0.15, 0.2) is 6.04 Å². The molecule has 5 nitrogen and oxygen atoms in total. The van der Waals surface area contributed by atoms with Crippen LogP contribution in [0.3, 0.4) is 0 Å². The standard InChI is InChI=1S/C23H26ClN3O2/c24-20-8-6-19(7-9-20)17-25-12-14-26(15-13-25)21-16-22(28)27(23(21)29)11-10-18-4-2-1-3-5-18/h1-9,21H,10-17H2/p+2/t21-/m0/s1. The molecule has 0 bridgehead atoms. The first-order valence-electron chi connectivity index (χ1n) is 10.4. The SMILES string of the molecule is O=C1C[C@H]([NH+]2CC[NH+](Cc3ccc(Cl)cc3)CC2)C(=O)N1CCc1ccccc1. The van der Waals surface area contributed by atoms with Gasteiger partial charge in [-0.3, -0.25) is 14.5 Å². The average molecular weight is 414 g/mol. The van der Waals surface area contributed by atoms with Gasteiger partial charge >= 0.3 is 0 Å².